The van der Waals surface area contributed by atoms with Gasteiger partial charge in [0.25, 0.3) is 11.8 Å². The Morgan fingerprint density at radius 2 is 1.68 bits per heavy atom. The smallest absolute Gasteiger partial charge is 0.255 e. The minimum atomic E-state index is -0.280. The van der Waals surface area contributed by atoms with E-state index in [0.29, 0.717) is 34.9 Å². The molecule has 2 amide bonds. The topological polar surface area (TPSA) is 75.4 Å². The van der Waals surface area contributed by atoms with Gasteiger partial charge in [-0.3, -0.25) is 9.59 Å². The fourth-order valence-electron chi connectivity index (χ4n) is 2.85. The van der Waals surface area contributed by atoms with Gasteiger partial charge in [0.15, 0.2) is 0 Å². The van der Waals surface area contributed by atoms with Crippen molar-refractivity contribution < 1.29 is 9.59 Å². The summed E-state index contributed by atoms with van der Waals surface area (Å²) < 4.78 is 0. The third-order valence-electron chi connectivity index (χ3n) is 4.34. The fraction of sp³-hybridized carbons (Fsp3) is 0.263. The molecule has 25 heavy (non-hydrogen) atoms. The first-order chi connectivity index (χ1) is 12.0. The maximum Gasteiger partial charge on any atom is 0.255 e. The molecule has 1 aliphatic heterocycles. The molecule has 1 heterocycles. The molecule has 2 aromatic carbocycles. The highest BCUT2D eigenvalue weighted by Crippen LogP contribution is 2.21. The second-order valence-corrected chi connectivity index (χ2v) is 6.57. The number of carbonyl (C=O) groups is 2. The molecule has 1 aliphatic rings. The summed E-state index contributed by atoms with van der Waals surface area (Å²) in [5.74, 6) is -0.364. The third kappa shape index (κ3) is 4.18. The SMILES string of the molecule is NC1CCN(C(=O)c2ccccc2NC(=O)c2ccc(Cl)cc2)CC1. The summed E-state index contributed by atoms with van der Waals surface area (Å²) >= 11 is 5.85. The second-order valence-electron chi connectivity index (χ2n) is 6.14. The Morgan fingerprint density at radius 1 is 1.04 bits per heavy atom. The van der Waals surface area contributed by atoms with E-state index >= 15 is 0 Å². The van der Waals surface area contributed by atoms with Gasteiger partial charge in [0.05, 0.1) is 11.3 Å². The molecule has 0 aromatic heterocycles. The van der Waals surface area contributed by atoms with Crippen molar-refractivity contribution in [3.05, 3.63) is 64.7 Å². The summed E-state index contributed by atoms with van der Waals surface area (Å²) in [6.07, 6.45) is 1.59. The number of nitrogens with two attached hydrogens (primary N) is 1. The molecule has 3 N–H and O–H groups in total. The lowest BCUT2D eigenvalue weighted by atomic mass is 10.0. The van der Waals surface area contributed by atoms with E-state index in [9.17, 15) is 9.59 Å². The number of nitrogens with one attached hydrogen (secondary N) is 1. The zero-order chi connectivity index (χ0) is 17.8. The molecule has 1 fully saturated rings. The lowest BCUT2D eigenvalue weighted by Gasteiger charge is -2.30. The van der Waals surface area contributed by atoms with Crippen molar-refractivity contribution >= 4 is 29.1 Å². The second kappa shape index (κ2) is 7.68. The molecular weight excluding hydrogens is 338 g/mol. The van der Waals surface area contributed by atoms with E-state index in [1.807, 2.05) is 0 Å². The summed E-state index contributed by atoms with van der Waals surface area (Å²) in [6, 6.07) is 13.8. The van der Waals surface area contributed by atoms with E-state index in [1.165, 1.54) is 0 Å². The van der Waals surface area contributed by atoms with Crippen molar-refractivity contribution in [2.75, 3.05) is 18.4 Å². The maximum absolute atomic E-state index is 12.8. The lowest BCUT2D eigenvalue weighted by molar-refractivity contribution is 0.0716. The van der Waals surface area contributed by atoms with Crippen molar-refractivity contribution in [3.8, 4) is 0 Å². The predicted octanol–water partition coefficient (Wildman–Crippen LogP) is 3.16. The largest absolute Gasteiger partial charge is 0.338 e. The minimum absolute atomic E-state index is 0.0843. The fourth-order valence-corrected chi connectivity index (χ4v) is 2.97. The standard InChI is InChI=1S/C19H20ClN3O2/c20-14-7-5-13(6-8-14)18(24)22-17-4-2-1-3-16(17)19(25)23-11-9-15(21)10-12-23/h1-8,15H,9-12,21H2,(H,22,24). The normalized spacial score (nSPS) is 15.0. The molecule has 0 atom stereocenters. The maximum atomic E-state index is 12.8. The van der Waals surface area contributed by atoms with Crippen LogP contribution in [0.1, 0.15) is 33.6 Å². The molecule has 0 radical (unpaired) electrons. The molecule has 2 aromatic rings. The van der Waals surface area contributed by atoms with Crippen LogP contribution < -0.4 is 11.1 Å². The van der Waals surface area contributed by atoms with Crippen LogP contribution >= 0.6 is 11.6 Å². The molecule has 1 saturated heterocycles. The highest BCUT2D eigenvalue weighted by Gasteiger charge is 2.23. The van der Waals surface area contributed by atoms with Crippen LogP contribution in [0.2, 0.25) is 5.02 Å². The van der Waals surface area contributed by atoms with Crippen molar-refractivity contribution in [1.29, 1.82) is 0 Å². The van der Waals surface area contributed by atoms with Crippen molar-refractivity contribution in [3.63, 3.8) is 0 Å². The van der Waals surface area contributed by atoms with Crippen LogP contribution in [0.5, 0.6) is 0 Å². The Balaban J connectivity index is 1.77. The molecule has 5 nitrogen and oxygen atoms in total. The van der Waals surface area contributed by atoms with Gasteiger partial charge in [-0.2, -0.15) is 0 Å². The van der Waals surface area contributed by atoms with Crippen LogP contribution in [0.25, 0.3) is 0 Å². The van der Waals surface area contributed by atoms with Gasteiger partial charge < -0.3 is 16.0 Å². The van der Waals surface area contributed by atoms with Crippen LogP contribution in [0.4, 0.5) is 5.69 Å². The van der Waals surface area contributed by atoms with E-state index in [1.54, 1.807) is 53.4 Å². The summed E-state index contributed by atoms with van der Waals surface area (Å²) in [5.41, 5.74) is 7.37. The molecule has 130 valence electrons. The van der Waals surface area contributed by atoms with Gasteiger partial charge in [-0.25, -0.2) is 0 Å². The zero-order valence-corrected chi connectivity index (χ0v) is 14.5. The average molecular weight is 358 g/mol. The van der Waals surface area contributed by atoms with Gasteiger partial charge in [0.2, 0.25) is 0 Å². The average Bonchev–Trinajstić information content (AvgIpc) is 2.63. The Labute approximate surface area is 151 Å². The van der Waals surface area contributed by atoms with Crippen LogP contribution in [-0.2, 0) is 0 Å². The molecule has 0 saturated carbocycles. The Kier molecular flexibility index (Phi) is 5.36. The number of benzene rings is 2. The van der Waals surface area contributed by atoms with Crippen molar-refractivity contribution in [2.24, 2.45) is 5.73 Å². The van der Waals surface area contributed by atoms with Gasteiger partial charge in [0.1, 0.15) is 0 Å². The van der Waals surface area contributed by atoms with Gasteiger partial charge in [-0.15, -0.1) is 0 Å². The number of anilines is 1. The van der Waals surface area contributed by atoms with Gasteiger partial charge >= 0.3 is 0 Å². The van der Waals surface area contributed by atoms with Gasteiger partial charge in [-0.05, 0) is 49.2 Å². The quantitative estimate of drug-likeness (QED) is 0.886. The summed E-state index contributed by atoms with van der Waals surface area (Å²) in [4.78, 5) is 27.0. The number of halogens is 1. The number of carbonyl (C=O) groups excluding carboxylic acids is 2. The first kappa shape index (κ1) is 17.5. The van der Waals surface area contributed by atoms with Crippen molar-refractivity contribution in [1.82, 2.24) is 4.90 Å². The number of rotatable bonds is 3. The van der Waals surface area contributed by atoms with E-state index in [0.717, 1.165) is 12.8 Å². The Bertz CT molecular complexity index is 768. The summed E-state index contributed by atoms with van der Waals surface area (Å²) in [6.45, 7) is 1.28. The number of para-hydroxylation sites is 1. The number of hydrogen-bond acceptors (Lipinski definition) is 3. The molecule has 0 spiro atoms. The first-order valence-corrected chi connectivity index (χ1v) is 8.63. The number of amides is 2. The van der Waals surface area contributed by atoms with Crippen LogP contribution in [-0.4, -0.2) is 35.8 Å². The minimum Gasteiger partial charge on any atom is -0.338 e. The van der Waals surface area contributed by atoms with E-state index in [-0.39, 0.29) is 17.9 Å². The zero-order valence-electron chi connectivity index (χ0n) is 13.7. The van der Waals surface area contributed by atoms with Gasteiger partial charge in [-0.1, -0.05) is 23.7 Å². The Hall–Kier alpha value is -2.37. The highest BCUT2D eigenvalue weighted by atomic mass is 35.5. The molecule has 0 bridgehead atoms. The summed E-state index contributed by atoms with van der Waals surface area (Å²) in [7, 11) is 0. The molecular formula is C19H20ClN3O2. The van der Waals surface area contributed by atoms with Crippen LogP contribution in [0, 0.1) is 0 Å². The third-order valence-corrected chi connectivity index (χ3v) is 4.59. The predicted molar refractivity (Wildman–Crippen MR) is 99.0 cm³/mol. The van der Waals surface area contributed by atoms with E-state index in [4.69, 9.17) is 17.3 Å². The number of likely N-dealkylation sites (tertiary alicyclic amines) is 1. The van der Waals surface area contributed by atoms with E-state index in [2.05, 4.69) is 5.32 Å². The van der Waals surface area contributed by atoms with Crippen LogP contribution in [0.3, 0.4) is 0 Å². The highest BCUT2D eigenvalue weighted by molar-refractivity contribution is 6.30. The van der Waals surface area contributed by atoms with E-state index < -0.39 is 0 Å². The molecule has 6 heteroatoms. The molecule has 0 aliphatic carbocycles. The number of hydrogen-bond donors (Lipinski definition) is 2. The molecule has 3 rings (SSSR count). The monoisotopic (exact) mass is 357 g/mol. The lowest BCUT2D eigenvalue weighted by Crippen LogP contribution is -2.43. The van der Waals surface area contributed by atoms with Crippen molar-refractivity contribution in [2.45, 2.75) is 18.9 Å². The summed E-state index contributed by atoms with van der Waals surface area (Å²) in [5, 5.41) is 3.39. The first-order valence-electron chi connectivity index (χ1n) is 8.25. The number of nitrogens with zero attached hydrogens (tertiary/aromatic N) is 1. The Morgan fingerprint density at radius 3 is 2.36 bits per heavy atom. The van der Waals surface area contributed by atoms with Gasteiger partial charge in [0, 0.05) is 29.7 Å². The number of piperidine rings is 1. The molecule has 0 unspecified atom stereocenters. The van der Waals surface area contributed by atoms with Crippen LogP contribution in [0.15, 0.2) is 48.5 Å².